The van der Waals surface area contributed by atoms with Gasteiger partial charge in [-0.05, 0) is 44.7 Å². The molecule has 1 heterocycles. The highest BCUT2D eigenvalue weighted by Gasteiger charge is 2.26. The molecule has 1 atom stereocenters. The number of aromatic nitrogens is 2. The number of anilines is 3. The Hall–Kier alpha value is -1.81. The molecule has 0 amide bonds. The summed E-state index contributed by atoms with van der Waals surface area (Å²) in [5.74, 6) is 2.06. The fourth-order valence-corrected chi connectivity index (χ4v) is 2.69. The molecule has 4 nitrogen and oxygen atoms in total. The van der Waals surface area contributed by atoms with Gasteiger partial charge >= 0.3 is 0 Å². The van der Waals surface area contributed by atoms with Crippen LogP contribution in [0.2, 0.25) is 5.02 Å². The number of benzene rings is 1. The maximum atomic E-state index is 6.32. The Labute approximate surface area is 142 Å². The maximum Gasteiger partial charge on any atom is 0.225 e. The molecule has 23 heavy (non-hydrogen) atoms. The topological polar surface area (TPSA) is 49.8 Å². The first-order valence-electron chi connectivity index (χ1n) is 8.24. The minimum Gasteiger partial charge on any atom is -0.352 e. The summed E-state index contributed by atoms with van der Waals surface area (Å²) < 4.78 is 0. The van der Waals surface area contributed by atoms with E-state index >= 15 is 0 Å². The second-order valence-electron chi connectivity index (χ2n) is 6.29. The third kappa shape index (κ3) is 3.94. The van der Waals surface area contributed by atoms with Crippen molar-refractivity contribution in [1.29, 1.82) is 0 Å². The third-order valence-corrected chi connectivity index (χ3v) is 4.52. The normalized spacial score (nSPS) is 15.3. The summed E-state index contributed by atoms with van der Waals surface area (Å²) in [6.07, 6.45) is 3.46. The zero-order valence-corrected chi connectivity index (χ0v) is 14.6. The summed E-state index contributed by atoms with van der Waals surface area (Å²) in [6.45, 7) is 6.32. The molecule has 0 saturated heterocycles. The van der Waals surface area contributed by atoms with Crippen LogP contribution in [0.3, 0.4) is 0 Å². The molecule has 2 N–H and O–H groups in total. The van der Waals surface area contributed by atoms with Gasteiger partial charge < -0.3 is 10.6 Å². The molecule has 1 aromatic carbocycles. The number of para-hydroxylation sites is 1. The van der Waals surface area contributed by atoms with E-state index in [1.807, 2.05) is 31.2 Å². The fourth-order valence-electron chi connectivity index (χ4n) is 2.42. The van der Waals surface area contributed by atoms with Crippen LogP contribution in [0.4, 0.5) is 17.5 Å². The predicted octanol–water partition coefficient (Wildman–Crippen LogP) is 5.27. The van der Waals surface area contributed by atoms with Gasteiger partial charge in [0.15, 0.2) is 0 Å². The lowest BCUT2D eigenvalue weighted by Crippen LogP contribution is -2.16. The van der Waals surface area contributed by atoms with Crippen LogP contribution in [0, 0.1) is 6.92 Å². The smallest absolute Gasteiger partial charge is 0.225 e. The molecule has 1 saturated carbocycles. The molecular weight excluding hydrogens is 308 g/mol. The first-order chi connectivity index (χ1) is 11.1. The van der Waals surface area contributed by atoms with E-state index in [1.54, 1.807) is 0 Å². The Kier molecular flexibility index (Phi) is 4.71. The van der Waals surface area contributed by atoms with Gasteiger partial charge in [-0.15, -0.1) is 0 Å². The summed E-state index contributed by atoms with van der Waals surface area (Å²) >= 11 is 6.32. The second kappa shape index (κ2) is 6.75. The Morgan fingerprint density at radius 2 is 2.09 bits per heavy atom. The minimum atomic E-state index is 0.347. The lowest BCUT2D eigenvalue weighted by atomic mass is 10.2. The minimum absolute atomic E-state index is 0.347. The molecule has 0 spiro atoms. The van der Waals surface area contributed by atoms with Crippen molar-refractivity contribution in [3.63, 3.8) is 0 Å². The molecule has 1 fully saturated rings. The number of rotatable bonds is 6. The molecule has 122 valence electrons. The van der Waals surface area contributed by atoms with Gasteiger partial charge in [-0.1, -0.05) is 30.7 Å². The highest BCUT2D eigenvalue weighted by atomic mass is 35.5. The third-order valence-electron chi connectivity index (χ3n) is 4.20. The van der Waals surface area contributed by atoms with E-state index in [2.05, 4.69) is 34.4 Å². The fraction of sp³-hybridized carbons (Fsp3) is 0.444. The highest BCUT2D eigenvalue weighted by molar-refractivity contribution is 6.33. The van der Waals surface area contributed by atoms with E-state index in [-0.39, 0.29) is 0 Å². The van der Waals surface area contributed by atoms with E-state index in [1.165, 1.54) is 12.8 Å². The lowest BCUT2D eigenvalue weighted by Gasteiger charge is -2.15. The average Bonchev–Trinajstić information content (AvgIpc) is 3.35. The predicted molar refractivity (Wildman–Crippen MR) is 96.9 cm³/mol. The van der Waals surface area contributed by atoms with Gasteiger partial charge in [-0.25, -0.2) is 4.98 Å². The first-order valence-corrected chi connectivity index (χ1v) is 8.62. The van der Waals surface area contributed by atoms with Crippen molar-refractivity contribution < 1.29 is 0 Å². The molecule has 0 unspecified atom stereocenters. The molecule has 1 aromatic heterocycles. The van der Waals surface area contributed by atoms with Crippen LogP contribution in [-0.4, -0.2) is 16.0 Å². The van der Waals surface area contributed by atoms with Crippen LogP contribution >= 0.6 is 11.6 Å². The Bertz CT molecular complexity index is 677. The van der Waals surface area contributed by atoms with Crippen LogP contribution < -0.4 is 10.6 Å². The summed E-state index contributed by atoms with van der Waals surface area (Å²) in [7, 11) is 0. The van der Waals surface area contributed by atoms with Gasteiger partial charge in [-0.3, -0.25) is 0 Å². The lowest BCUT2D eigenvalue weighted by molar-refractivity contribution is 0.750. The number of aryl methyl sites for hydroxylation is 1. The summed E-state index contributed by atoms with van der Waals surface area (Å²) in [5.41, 5.74) is 3.11. The number of hydrogen-bond donors (Lipinski definition) is 2. The van der Waals surface area contributed by atoms with E-state index < -0.39 is 0 Å². The van der Waals surface area contributed by atoms with Crippen LogP contribution in [-0.2, 0) is 0 Å². The van der Waals surface area contributed by atoms with Gasteiger partial charge in [0.05, 0.1) is 16.4 Å². The molecule has 2 aromatic rings. The van der Waals surface area contributed by atoms with Crippen LogP contribution in [0.15, 0.2) is 24.3 Å². The van der Waals surface area contributed by atoms with E-state index in [4.69, 9.17) is 11.6 Å². The van der Waals surface area contributed by atoms with Crippen molar-refractivity contribution in [2.45, 2.75) is 52.0 Å². The summed E-state index contributed by atoms with van der Waals surface area (Å²) in [5, 5.41) is 7.45. The van der Waals surface area contributed by atoms with E-state index in [0.29, 0.717) is 22.9 Å². The molecule has 1 aliphatic rings. The van der Waals surface area contributed by atoms with Crippen molar-refractivity contribution in [3.8, 4) is 0 Å². The Morgan fingerprint density at radius 3 is 2.74 bits per heavy atom. The van der Waals surface area contributed by atoms with E-state index in [0.717, 1.165) is 29.2 Å². The SMILES string of the molecule is CC[C@@H](C)Nc1nc(Nc2c(C)cccc2Cl)cc(C2CC2)n1. The van der Waals surface area contributed by atoms with Crippen LogP contribution in [0.5, 0.6) is 0 Å². The largest absolute Gasteiger partial charge is 0.352 e. The quantitative estimate of drug-likeness (QED) is 0.757. The van der Waals surface area contributed by atoms with Gasteiger partial charge in [-0.2, -0.15) is 4.98 Å². The summed E-state index contributed by atoms with van der Waals surface area (Å²) in [4.78, 5) is 9.29. The van der Waals surface area contributed by atoms with Gasteiger partial charge in [0, 0.05) is 18.0 Å². The van der Waals surface area contributed by atoms with Crippen molar-refractivity contribution in [1.82, 2.24) is 9.97 Å². The van der Waals surface area contributed by atoms with Crippen LogP contribution in [0.1, 0.15) is 50.3 Å². The molecule has 0 radical (unpaired) electrons. The number of nitrogens with one attached hydrogen (secondary N) is 2. The molecule has 5 heteroatoms. The Balaban J connectivity index is 1.91. The molecule has 3 rings (SSSR count). The van der Waals surface area contributed by atoms with Crippen molar-refractivity contribution >= 4 is 29.1 Å². The number of nitrogens with zero attached hydrogens (tertiary/aromatic N) is 2. The zero-order valence-electron chi connectivity index (χ0n) is 13.9. The first kappa shape index (κ1) is 16.1. The molecule has 0 aliphatic heterocycles. The van der Waals surface area contributed by atoms with Gasteiger partial charge in [0.1, 0.15) is 5.82 Å². The van der Waals surface area contributed by atoms with Gasteiger partial charge in [0.2, 0.25) is 5.95 Å². The summed E-state index contributed by atoms with van der Waals surface area (Å²) in [6, 6.07) is 8.27. The second-order valence-corrected chi connectivity index (χ2v) is 6.69. The van der Waals surface area contributed by atoms with Crippen LogP contribution in [0.25, 0.3) is 0 Å². The molecule has 1 aliphatic carbocycles. The number of hydrogen-bond acceptors (Lipinski definition) is 4. The van der Waals surface area contributed by atoms with Crippen molar-refractivity contribution in [3.05, 3.63) is 40.5 Å². The van der Waals surface area contributed by atoms with E-state index in [9.17, 15) is 0 Å². The maximum absolute atomic E-state index is 6.32. The highest BCUT2D eigenvalue weighted by Crippen LogP contribution is 2.40. The Morgan fingerprint density at radius 1 is 1.30 bits per heavy atom. The average molecular weight is 331 g/mol. The standard InChI is InChI=1S/C18H23ClN4/c1-4-12(3)20-18-21-15(13-8-9-13)10-16(23-18)22-17-11(2)6-5-7-14(17)19/h5-7,10,12-13H,4,8-9H2,1-3H3,(H2,20,21,22,23)/t12-/m1/s1. The molecule has 0 bridgehead atoms. The van der Waals surface area contributed by atoms with Gasteiger partial charge in [0.25, 0.3) is 0 Å². The zero-order chi connectivity index (χ0) is 16.4. The monoisotopic (exact) mass is 330 g/mol. The number of halogens is 1. The van der Waals surface area contributed by atoms with Crippen molar-refractivity contribution in [2.75, 3.05) is 10.6 Å². The van der Waals surface area contributed by atoms with Crippen molar-refractivity contribution in [2.24, 2.45) is 0 Å². The molecular formula is C18H23ClN4.